The molecule has 0 aliphatic rings. The summed E-state index contributed by atoms with van der Waals surface area (Å²) in [5, 5.41) is 3.91. The Morgan fingerprint density at radius 3 is 2.31 bits per heavy atom. The zero-order valence-corrected chi connectivity index (χ0v) is 17.2. The highest BCUT2D eigenvalue weighted by molar-refractivity contribution is 5.94. The molecule has 5 heteroatoms. The van der Waals surface area contributed by atoms with Crippen LogP contribution in [-0.4, -0.2) is 12.1 Å². The Hall–Kier alpha value is -3.34. The number of amides is 1. The minimum absolute atomic E-state index is 0.121. The number of ether oxygens (including phenoxy) is 1. The van der Waals surface area contributed by atoms with Gasteiger partial charge in [0.25, 0.3) is 5.91 Å². The molecule has 3 rings (SSSR count). The molecule has 29 heavy (non-hydrogen) atoms. The standard InChI is InChI=1S/C24H26N2O3/c1-17-5-12-22(29-17)15-25-26-23(27)19-8-6-18(7-9-19)16-28-21-13-10-20(11-14-21)24(2,3)4/h5-15H,16H2,1-4H3,(H,26,27)/b25-15+. The minimum atomic E-state index is -0.283. The molecule has 1 amide bonds. The molecule has 0 radical (unpaired) electrons. The summed E-state index contributed by atoms with van der Waals surface area (Å²) in [5.41, 5.74) is 5.39. The molecule has 3 aromatic rings. The highest BCUT2D eigenvalue weighted by Gasteiger charge is 2.13. The quantitative estimate of drug-likeness (QED) is 0.463. The van der Waals surface area contributed by atoms with Gasteiger partial charge in [0.05, 0.1) is 6.21 Å². The van der Waals surface area contributed by atoms with E-state index in [-0.39, 0.29) is 11.3 Å². The summed E-state index contributed by atoms with van der Waals surface area (Å²) < 4.78 is 11.2. The number of carbonyl (C=O) groups is 1. The molecule has 1 N–H and O–H groups in total. The third-order valence-corrected chi connectivity index (χ3v) is 4.46. The SMILES string of the molecule is Cc1ccc(/C=N/NC(=O)c2ccc(COc3ccc(C(C)(C)C)cc3)cc2)o1. The van der Waals surface area contributed by atoms with E-state index < -0.39 is 0 Å². The second-order valence-electron chi connectivity index (χ2n) is 7.91. The lowest BCUT2D eigenvalue weighted by molar-refractivity contribution is 0.0955. The number of carbonyl (C=O) groups excluding carboxylic acids is 1. The molecule has 5 nitrogen and oxygen atoms in total. The summed E-state index contributed by atoms with van der Waals surface area (Å²) in [7, 11) is 0. The van der Waals surface area contributed by atoms with E-state index in [0.29, 0.717) is 17.9 Å². The van der Waals surface area contributed by atoms with Gasteiger partial charge in [-0.1, -0.05) is 45.0 Å². The van der Waals surface area contributed by atoms with E-state index in [0.717, 1.165) is 17.1 Å². The van der Waals surface area contributed by atoms with Crippen molar-refractivity contribution in [3.8, 4) is 5.75 Å². The number of nitrogens with zero attached hydrogens (tertiary/aromatic N) is 1. The van der Waals surface area contributed by atoms with Crippen LogP contribution in [0.25, 0.3) is 0 Å². The molecule has 0 aliphatic heterocycles. The molecule has 0 atom stereocenters. The van der Waals surface area contributed by atoms with Gasteiger partial charge in [-0.3, -0.25) is 4.79 Å². The maximum absolute atomic E-state index is 12.2. The van der Waals surface area contributed by atoms with Gasteiger partial charge in [0.2, 0.25) is 0 Å². The lowest BCUT2D eigenvalue weighted by Gasteiger charge is -2.19. The number of hydrazone groups is 1. The van der Waals surface area contributed by atoms with E-state index in [1.165, 1.54) is 11.8 Å². The summed E-state index contributed by atoms with van der Waals surface area (Å²) >= 11 is 0. The van der Waals surface area contributed by atoms with Crippen LogP contribution in [0.4, 0.5) is 0 Å². The van der Waals surface area contributed by atoms with Crippen molar-refractivity contribution in [2.24, 2.45) is 5.10 Å². The van der Waals surface area contributed by atoms with Crippen molar-refractivity contribution in [3.63, 3.8) is 0 Å². The first-order chi connectivity index (χ1) is 13.8. The first-order valence-electron chi connectivity index (χ1n) is 9.53. The Morgan fingerprint density at radius 2 is 1.72 bits per heavy atom. The van der Waals surface area contributed by atoms with E-state index >= 15 is 0 Å². The van der Waals surface area contributed by atoms with Crippen molar-refractivity contribution in [2.75, 3.05) is 0 Å². The van der Waals surface area contributed by atoms with Crippen molar-refractivity contribution in [1.82, 2.24) is 5.43 Å². The number of benzene rings is 2. The Labute approximate surface area is 171 Å². The fourth-order valence-electron chi connectivity index (χ4n) is 2.71. The molecule has 2 aromatic carbocycles. The molecular weight excluding hydrogens is 364 g/mol. The van der Waals surface area contributed by atoms with Gasteiger partial charge in [0.15, 0.2) is 0 Å². The molecule has 0 fully saturated rings. The fourth-order valence-corrected chi connectivity index (χ4v) is 2.71. The highest BCUT2D eigenvalue weighted by Crippen LogP contribution is 2.24. The fraction of sp³-hybridized carbons (Fsp3) is 0.250. The van der Waals surface area contributed by atoms with E-state index in [4.69, 9.17) is 9.15 Å². The highest BCUT2D eigenvalue weighted by atomic mass is 16.5. The van der Waals surface area contributed by atoms with Crippen molar-refractivity contribution < 1.29 is 13.9 Å². The van der Waals surface area contributed by atoms with E-state index in [2.05, 4.69) is 43.4 Å². The second kappa shape index (κ2) is 8.78. The number of hydrogen-bond acceptors (Lipinski definition) is 4. The molecule has 1 aromatic heterocycles. The van der Waals surface area contributed by atoms with Crippen molar-refractivity contribution in [2.45, 2.75) is 39.7 Å². The van der Waals surface area contributed by atoms with Crippen LogP contribution >= 0.6 is 0 Å². The monoisotopic (exact) mass is 390 g/mol. The predicted molar refractivity (Wildman–Crippen MR) is 114 cm³/mol. The molecule has 0 saturated heterocycles. The predicted octanol–water partition coefficient (Wildman–Crippen LogP) is 5.23. The van der Waals surface area contributed by atoms with Crippen LogP contribution < -0.4 is 10.2 Å². The smallest absolute Gasteiger partial charge is 0.271 e. The van der Waals surface area contributed by atoms with Crippen molar-refractivity contribution in [3.05, 3.63) is 88.9 Å². The molecule has 0 spiro atoms. The topological polar surface area (TPSA) is 63.8 Å². The van der Waals surface area contributed by atoms with Gasteiger partial charge in [-0.2, -0.15) is 5.10 Å². The Kier molecular flexibility index (Phi) is 6.17. The molecule has 0 bridgehead atoms. The van der Waals surface area contributed by atoms with Crippen molar-refractivity contribution in [1.29, 1.82) is 0 Å². The van der Waals surface area contributed by atoms with Crippen LogP contribution in [0.3, 0.4) is 0 Å². The van der Waals surface area contributed by atoms with Gasteiger partial charge < -0.3 is 9.15 Å². The Balaban J connectivity index is 1.51. The maximum atomic E-state index is 12.2. The van der Waals surface area contributed by atoms with Gasteiger partial charge in [-0.05, 0) is 59.9 Å². The average Bonchev–Trinajstić information content (AvgIpc) is 3.11. The zero-order chi connectivity index (χ0) is 20.9. The maximum Gasteiger partial charge on any atom is 0.271 e. The van der Waals surface area contributed by atoms with Crippen LogP contribution in [-0.2, 0) is 12.0 Å². The summed E-state index contributed by atoms with van der Waals surface area (Å²) in [6.45, 7) is 8.84. The van der Waals surface area contributed by atoms with Gasteiger partial charge in [0, 0.05) is 5.56 Å². The number of rotatable bonds is 6. The Bertz CT molecular complexity index is 978. The zero-order valence-electron chi connectivity index (χ0n) is 17.2. The average molecular weight is 390 g/mol. The number of nitrogens with one attached hydrogen (secondary N) is 1. The molecule has 0 aliphatic carbocycles. The number of hydrogen-bond donors (Lipinski definition) is 1. The van der Waals surface area contributed by atoms with Crippen LogP contribution in [0.2, 0.25) is 0 Å². The Morgan fingerprint density at radius 1 is 1.03 bits per heavy atom. The van der Waals surface area contributed by atoms with Gasteiger partial charge >= 0.3 is 0 Å². The van der Waals surface area contributed by atoms with Crippen LogP contribution in [0.1, 0.15) is 53.8 Å². The van der Waals surface area contributed by atoms with Crippen molar-refractivity contribution >= 4 is 12.1 Å². The largest absolute Gasteiger partial charge is 0.489 e. The normalized spacial score (nSPS) is 11.6. The molecule has 0 unspecified atom stereocenters. The van der Waals surface area contributed by atoms with E-state index in [1.807, 2.05) is 37.3 Å². The lowest BCUT2D eigenvalue weighted by Crippen LogP contribution is -2.17. The lowest BCUT2D eigenvalue weighted by atomic mass is 9.87. The molecular formula is C24H26N2O3. The van der Waals surface area contributed by atoms with Crippen LogP contribution in [0, 0.1) is 6.92 Å². The minimum Gasteiger partial charge on any atom is -0.489 e. The van der Waals surface area contributed by atoms with E-state index in [1.54, 1.807) is 18.2 Å². The summed E-state index contributed by atoms with van der Waals surface area (Å²) in [4.78, 5) is 12.2. The first-order valence-corrected chi connectivity index (χ1v) is 9.53. The summed E-state index contributed by atoms with van der Waals surface area (Å²) in [5.74, 6) is 1.92. The van der Waals surface area contributed by atoms with Crippen LogP contribution in [0.15, 0.2) is 70.2 Å². The first kappa shape index (κ1) is 20.4. The second-order valence-corrected chi connectivity index (χ2v) is 7.91. The number of aryl methyl sites for hydroxylation is 1. The molecule has 0 saturated carbocycles. The van der Waals surface area contributed by atoms with Crippen LogP contribution in [0.5, 0.6) is 5.75 Å². The molecule has 1 heterocycles. The van der Waals surface area contributed by atoms with Gasteiger partial charge in [-0.15, -0.1) is 0 Å². The van der Waals surface area contributed by atoms with E-state index in [9.17, 15) is 4.79 Å². The van der Waals surface area contributed by atoms with Gasteiger partial charge in [-0.25, -0.2) is 5.43 Å². The van der Waals surface area contributed by atoms with Gasteiger partial charge in [0.1, 0.15) is 23.9 Å². The summed E-state index contributed by atoms with van der Waals surface area (Å²) in [6, 6.07) is 19.0. The third-order valence-electron chi connectivity index (χ3n) is 4.46. The molecule has 150 valence electrons. The number of furan rings is 1. The third kappa shape index (κ3) is 5.82. The summed E-state index contributed by atoms with van der Waals surface area (Å²) in [6.07, 6.45) is 1.47.